The molecule has 2 heteroatoms. The van der Waals surface area contributed by atoms with E-state index >= 15 is 0 Å². The molecular formula is C24H36O2. The lowest BCUT2D eigenvalue weighted by Gasteiger charge is -2.58. The Balaban J connectivity index is 1.48. The lowest BCUT2D eigenvalue weighted by Crippen LogP contribution is -2.54. The van der Waals surface area contributed by atoms with Crippen LogP contribution in [0, 0.1) is 46.3 Å². The van der Waals surface area contributed by atoms with Gasteiger partial charge in [-0.1, -0.05) is 19.8 Å². The maximum Gasteiger partial charge on any atom is 0.136 e. The van der Waals surface area contributed by atoms with Gasteiger partial charge in [-0.2, -0.15) is 0 Å². The van der Waals surface area contributed by atoms with Crippen molar-refractivity contribution in [1.82, 2.24) is 0 Å². The number of carbonyl (C=O) groups excluding carboxylic acids is 2. The number of fused-ring (bicyclic) bond motifs is 7. The fraction of sp³-hybridized carbons (Fsp3) is 0.917. The second kappa shape index (κ2) is 5.92. The zero-order valence-electron chi connectivity index (χ0n) is 16.8. The van der Waals surface area contributed by atoms with Gasteiger partial charge in [-0.15, -0.1) is 0 Å². The van der Waals surface area contributed by atoms with Gasteiger partial charge < -0.3 is 0 Å². The van der Waals surface area contributed by atoms with Gasteiger partial charge in [-0.05, 0) is 99.2 Å². The lowest BCUT2D eigenvalue weighted by molar-refractivity contribution is -0.149. The molecule has 5 aliphatic carbocycles. The monoisotopic (exact) mass is 356 g/mol. The molecule has 5 aliphatic rings. The van der Waals surface area contributed by atoms with Gasteiger partial charge in [0.2, 0.25) is 0 Å². The molecule has 0 aromatic heterocycles. The van der Waals surface area contributed by atoms with Gasteiger partial charge in [-0.3, -0.25) is 9.59 Å². The summed E-state index contributed by atoms with van der Waals surface area (Å²) in [6.45, 7) is 4.44. The van der Waals surface area contributed by atoms with Crippen LogP contribution in [-0.4, -0.2) is 11.6 Å². The van der Waals surface area contributed by atoms with Crippen LogP contribution < -0.4 is 0 Å². The molecule has 2 nitrogen and oxygen atoms in total. The van der Waals surface area contributed by atoms with Crippen LogP contribution in [0.3, 0.4) is 0 Å². The third-order valence-electron chi connectivity index (χ3n) is 10.4. The topological polar surface area (TPSA) is 34.1 Å². The van der Waals surface area contributed by atoms with Gasteiger partial charge >= 0.3 is 0 Å². The molecule has 5 saturated carbocycles. The van der Waals surface area contributed by atoms with E-state index in [-0.39, 0.29) is 10.8 Å². The normalized spacial score (nSPS) is 53.2. The molecule has 26 heavy (non-hydrogen) atoms. The Bertz CT molecular complexity index is 624. The van der Waals surface area contributed by atoms with E-state index in [2.05, 4.69) is 6.92 Å². The Kier molecular flexibility index (Phi) is 3.97. The number of rotatable bonds is 1. The van der Waals surface area contributed by atoms with E-state index in [4.69, 9.17) is 0 Å². The number of hydrogen-bond donors (Lipinski definition) is 0. The summed E-state index contributed by atoms with van der Waals surface area (Å²) in [6.07, 6.45) is 14.5. The average Bonchev–Trinajstić information content (AvgIpc) is 2.91. The van der Waals surface area contributed by atoms with Crippen molar-refractivity contribution in [2.45, 2.75) is 90.9 Å². The minimum absolute atomic E-state index is 0.000264. The van der Waals surface area contributed by atoms with Crippen molar-refractivity contribution in [3.05, 3.63) is 0 Å². The van der Waals surface area contributed by atoms with Crippen molar-refractivity contribution < 1.29 is 9.59 Å². The van der Waals surface area contributed by atoms with Crippen molar-refractivity contribution in [2.24, 2.45) is 46.3 Å². The first-order valence-electron chi connectivity index (χ1n) is 11.5. The van der Waals surface area contributed by atoms with Crippen LogP contribution >= 0.6 is 0 Å². The van der Waals surface area contributed by atoms with E-state index in [1.807, 2.05) is 6.92 Å². The van der Waals surface area contributed by atoms with Crippen LogP contribution in [0.25, 0.3) is 0 Å². The molecule has 0 aromatic rings. The van der Waals surface area contributed by atoms with E-state index in [1.165, 1.54) is 51.4 Å². The minimum atomic E-state index is 0.000264. The van der Waals surface area contributed by atoms with Gasteiger partial charge in [0.05, 0.1) is 0 Å². The van der Waals surface area contributed by atoms with Crippen LogP contribution in [0.1, 0.15) is 90.9 Å². The highest BCUT2D eigenvalue weighted by Gasteiger charge is 2.68. The molecule has 144 valence electrons. The van der Waals surface area contributed by atoms with E-state index < -0.39 is 0 Å². The van der Waals surface area contributed by atoms with Crippen molar-refractivity contribution in [1.29, 1.82) is 0 Å². The lowest BCUT2D eigenvalue weighted by atomic mass is 9.45. The molecule has 0 N–H and O–H groups in total. The summed E-state index contributed by atoms with van der Waals surface area (Å²) < 4.78 is 0. The summed E-state index contributed by atoms with van der Waals surface area (Å²) >= 11 is 0. The highest BCUT2D eigenvalue weighted by atomic mass is 16.1. The average molecular weight is 357 g/mol. The predicted molar refractivity (Wildman–Crippen MR) is 103 cm³/mol. The maximum absolute atomic E-state index is 13.0. The summed E-state index contributed by atoms with van der Waals surface area (Å²) in [7, 11) is 0. The highest BCUT2D eigenvalue weighted by Crippen LogP contribution is 2.72. The van der Waals surface area contributed by atoms with Crippen molar-refractivity contribution in [3.63, 3.8) is 0 Å². The van der Waals surface area contributed by atoms with Crippen LogP contribution in [-0.2, 0) is 9.59 Å². The second-order valence-electron chi connectivity index (χ2n) is 10.9. The molecule has 5 rings (SSSR count). The van der Waals surface area contributed by atoms with Crippen molar-refractivity contribution >= 4 is 11.6 Å². The van der Waals surface area contributed by atoms with E-state index in [1.54, 1.807) is 0 Å². The molecule has 0 saturated heterocycles. The summed E-state index contributed by atoms with van der Waals surface area (Å²) in [5.74, 6) is 5.66. The first-order valence-corrected chi connectivity index (χ1v) is 11.5. The third-order valence-corrected chi connectivity index (χ3v) is 10.4. The molecule has 0 bridgehead atoms. The molecule has 8 atom stereocenters. The van der Waals surface area contributed by atoms with Gasteiger partial charge in [0, 0.05) is 18.3 Å². The molecule has 0 aromatic carbocycles. The van der Waals surface area contributed by atoms with E-state index in [9.17, 15) is 9.59 Å². The Morgan fingerprint density at radius 3 is 2.62 bits per heavy atom. The first kappa shape index (κ1) is 17.4. The smallest absolute Gasteiger partial charge is 0.136 e. The maximum atomic E-state index is 13.0. The summed E-state index contributed by atoms with van der Waals surface area (Å²) in [6, 6.07) is 0. The zero-order chi connectivity index (χ0) is 18.1. The molecular weight excluding hydrogens is 320 g/mol. The standard InChI is InChI=1S/C24H36O2/c1-15(25)24-11-4-3-5-17(24)14-22-21-8-6-16-13-18(26)7-9-19(16)20(21)10-12-23(22,24)2/h16-17,19-22H,3-14H2,1-2H3/t16-,17-,19+,20-,21-,22+,23+,24+/m1/s1. The number of ketones is 2. The molecule has 0 spiro atoms. The quantitative estimate of drug-likeness (QED) is 0.614. The zero-order valence-corrected chi connectivity index (χ0v) is 16.8. The molecule has 0 unspecified atom stereocenters. The summed E-state index contributed by atoms with van der Waals surface area (Å²) in [5, 5.41) is 0. The Morgan fingerprint density at radius 2 is 1.81 bits per heavy atom. The summed E-state index contributed by atoms with van der Waals surface area (Å²) in [5.41, 5.74) is 0.253. The fourth-order valence-electron chi connectivity index (χ4n) is 9.46. The Labute approximate surface area is 158 Å². The predicted octanol–water partition coefficient (Wildman–Crippen LogP) is 5.58. The van der Waals surface area contributed by atoms with Crippen LogP contribution in [0.15, 0.2) is 0 Å². The second-order valence-corrected chi connectivity index (χ2v) is 10.9. The van der Waals surface area contributed by atoms with Gasteiger partial charge in [0.1, 0.15) is 11.6 Å². The SMILES string of the molecule is CC(=O)[C@@]12CCCC[C@@H]1C[C@H]1[C@@H]3CC[C@@H]4CC(=O)CC[C@@H]4[C@H]3CC[C@@]12C. The Hall–Kier alpha value is -0.660. The molecule has 0 radical (unpaired) electrons. The summed E-state index contributed by atoms with van der Waals surface area (Å²) in [4.78, 5) is 25.0. The minimum Gasteiger partial charge on any atom is -0.300 e. The molecule has 5 fully saturated rings. The number of Topliss-reactive ketones (excluding diaryl/α,β-unsaturated/α-hetero) is 2. The highest BCUT2D eigenvalue weighted by molar-refractivity contribution is 5.84. The molecule has 0 heterocycles. The Morgan fingerprint density at radius 1 is 0.962 bits per heavy atom. The van der Waals surface area contributed by atoms with Gasteiger partial charge in [0.25, 0.3) is 0 Å². The van der Waals surface area contributed by atoms with Crippen LogP contribution in [0.4, 0.5) is 0 Å². The largest absolute Gasteiger partial charge is 0.300 e. The van der Waals surface area contributed by atoms with Crippen molar-refractivity contribution in [2.75, 3.05) is 0 Å². The fourth-order valence-corrected chi connectivity index (χ4v) is 9.46. The van der Waals surface area contributed by atoms with Gasteiger partial charge in [-0.25, -0.2) is 0 Å². The van der Waals surface area contributed by atoms with Crippen LogP contribution in [0.2, 0.25) is 0 Å². The first-order chi connectivity index (χ1) is 12.5. The van der Waals surface area contributed by atoms with E-state index in [0.717, 1.165) is 49.4 Å². The van der Waals surface area contributed by atoms with Crippen molar-refractivity contribution in [3.8, 4) is 0 Å². The van der Waals surface area contributed by atoms with Crippen LogP contribution in [0.5, 0.6) is 0 Å². The number of carbonyl (C=O) groups is 2. The molecule has 0 aliphatic heterocycles. The van der Waals surface area contributed by atoms with E-state index in [0.29, 0.717) is 23.4 Å². The molecule has 0 amide bonds. The third kappa shape index (κ3) is 2.11. The number of hydrogen-bond acceptors (Lipinski definition) is 2. The van der Waals surface area contributed by atoms with Gasteiger partial charge in [0.15, 0.2) is 0 Å².